The number of hydrogen-bond donors (Lipinski definition) is 2. The third-order valence-corrected chi connectivity index (χ3v) is 1.97. The van der Waals surface area contributed by atoms with Crippen molar-refractivity contribution in [3.8, 4) is 0 Å². The molecule has 0 radical (unpaired) electrons. The number of nitrogens with one attached hydrogen (secondary N) is 2. The van der Waals surface area contributed by atoms with Gasteiger partial charge in [-0.3, -0.25) is 25.8 Å². The molecule has 96 valence electrons. The van der Waals surface area contributed by atoms with Crippen molar-refractivity contribution in [2.24, 2.45) is 0 Å². The maximum absolute atomic E-state index is 11.4. The van der Waals surface area contributed by atoms with Crippen LogP contribution in [0.2, 0.25) is 0 Å². The van der Waals surface area contributed by atoms with Gasteiger partial charge in [-0.25, -0.2) is 4.79 Å². The molecule has 0 aliphatic rings. The van der Waals surface area contributed by atoms with Gasteiger partial charge in [0.2, 0.25) is 6.41 Å². The molecule has 0 heterocycles. The Labute approximate surface area is 102 Å². The van der Waals surface area contributed by atoms with E-state index < -0.39 is 10.9 Å². The molecular weight excluding hydrogens is 242 g/mol. The van der Waals surface area contributed by atoms with Gasteiger partial charge in [0.1, 0.15) is 5.69 Å². The molecule has 0 unspecified atom stereocenters. The molecule has 0 bridgehead atoms. The molecule has 1 aromatic rings. The second-order valence-corrected chi connectivity index (χ2v) is 3.10. The molecule has 0 fully saturated rings. The zero-order chi connectivity index (χ0) is 13.5. The molecular formula is C10H11N3O5. The van der Waals surface area contributed by atoms with Gasteiger partial charge in [-0.1, -0.05) is 0 Å². The zero-order valence-corrected chi connectivity index (χ0v) is 9.50. The highest BCUT2D eigenvalue weighted by Gasteiger charge is 2.17. The van der Waals surface area contributed by atoms with E-state index in [2.05, 4.69) is 10.9 Å². The van der Waals surface area contributed by atoms with E-state index in [0.717, 1.165) is 6.07 Å². The van der Waals surface area contributed by atoms with Crippen molar-refractivity contribution in [1.82, 2.24) is 5.43 Å². The smallest absolute Gasteiger partial charge is 0.338 e. The third kappa shape index (κ3) is 3.17. The summed E-state index contributed by atoms with van der Waals surface area (Å²) in [5.74, 6) is -0.643. The average Bonchev–Trinajstić information content (AvgIpc) is 2.36. The van der Waals surface area contributed by atoms with Crippen LogP contribution in [0, 0.1) is 10.1 Å². The normalized spacial score (nSPS) is 9.39. The van der Waals surface area contributed by atoms with Crippen LogP contribution < -0.4 is 10.9 Å². The maximum Gasteiger partial charge on any atom is 0.338 e. The summed E-state index contributed by atoms with van der Waals surface area (Å²) in [6, 6.07) is 3.74. The molecule has 0 atom stereocenters. The van der Waals surface area contributed by atoms with E-state index in [1.165, 1.54) is 12.1 Å². The molecule has 0 saturated heterocycles. The van der Waals surface area contributed by atoms with Crippen LogP contribution in [-0.2, 0) is 9.53 Å². The van der Waals surface area contributed by atoms with Crippen LogP contribution in [0.25, 0.3) is 0 Å². The molecule has 0 aliphatic heterocycles. The van der Waals surface area contributed by atoms with Gasteiger partial charge in [0, 0.05) is 6.07 Å². The van der Waals surface area contributed by atoms with Crippen LogP contribution in [0.15, 0.2) is 18.2 Å². The highest BCUT2D eigenvalue weighted by Crippen LogP contribution is 2.25. The first-order chi connectivity index (χ1) is 8.60. The highest BCUT2D eigenvalue weighted by atomic mass is 16.6. The number of nitro benzene ring substituents is 1. The monoisotopic (exact) mass is 253 g/mol. The Morgan fingerprint density at radius 1 is 1.56 bits per heavy atom. The fraction of sp³-hybridized carbons (Fsp3) is 0.200. The van der Waals surface area contributed by atoms with Gasteiger partial charge in [0.05, 0.1) is 17.1 Å². The first-order valence-corrected chi connectivity index (χ1v) is 5.01. The van der Waals surface area contributed by atoms with Gasteiger partial charge in [-0.15, -0.1) is 0 Å². The molecule has 0 saturated carbocycles. The molecule has 1 aromatic carbocycles. The molecule has 2 N–H and O–H groups in total. The standard InChI is InChI=1S/C10H11N3O5/c1-2-18-10(15)7-3-4-8(12-11-6-14)9(5-7)13(16)17/h3-6,12H,2H2,1H3,(H,11,14). The first kappa shape index (κ1) is 13.4. The highest BCUT2D eigenvalue weighted by molar-refractivity contribution is 5.91. The minimum atomic E-state index is -0.669. The van der Waals surface area contributed by atoms with E-state index >= 15 is 0 Å². The predicted molar refractivity (Wildman–Crippen MR) is 61.9 cm³/mol. The van der Waals surface area contributed by atoms with E-state index in [0.29, 0.717) is 6.41 Å². The number of benzene rings is 1. The molecule has 0 spiro atoms. The van der Waals surface area contributed by atoms with Crippen LogP contribution in [0.3, 0.4) is 0 Å². The average molecular weight is 253 g/mol. The minimum Gasteiger partial charge on any atom is -0.462 e. The Morgan fingerprint density at radius 3 is 2.83 bits per heavy atom. The number of esters is 1. The number of amides is 1. The van der Waals surface area contributed by atoms with Crippen molar-refractivity contribution in [1.29, 1.82) is 0 Å². The Kier molecular flexibility index (Phi) is 4.61. The van der Waals surface area contributed by atoms with Crippen molar-refractivity contribution < 1.29 is 19.2 Å². The van der Waals surface area contributed by atoms with Crippen molar-refractivity contribution in [2.45, 2.75) is 6.92 Å². The number of hydrazine groups is 1. The molecule has 0 aliphatic carbocycles. The largest absolute Gasteiger partial charge is 0.462 e. The van der Waals surface area contributed by atoms with E-state index in [1.807, 2.05) is 0 Å². The summed E-state index contributed by atoms with van der Waals surface area (Å²) in [6.07, 6.45) is 0.336. The maximum atomic E-state index is 11.4. The quantitative estimate of drug-likeness (QED) is 0.336. The van der Waals surface area contributed by atoms with Crippen LogP contribution in [0.4, 0.5) is 11.4 Å². The van der Waals surface area contributed by atoms with Gasteiger partial charge < -0.3 is 4.74 Å². The van der Waals surface area contributed by atoms with Crippen molar-refractivity contribution in [3.63, 3.8) is 0 Å². The summed E-state index contributed by atoms with van der Waals surface area (Å²) in [5.41, 5.74) is 4.21. The molecule has 8 heteroatoms. The number of hydrogen-bond acceptors (Lipinski definition) is 6. The molecule has 8 nitrogen and oxygen atoms in total. The van der Waals surface area contributed by atoms with Gasteiger partial charge in [0.25, 0.3) is 5.69 Å². The zero-order valence-electron chi connectivity index (χ0n) is 9.50. The number of nitro groups is 1. The van der Waals surface area contributed by atoms with Crippen molar-refractivity contribution in [3.05, 3.63) is 33.9 Å². The predicted octanol–water partition coefficient (Wildman–Crippen LogP) is 0.844. The topological polar surface area (TPSA) is 111 Å². The van der Waals surface area contributed by atoms with Crippen LogP contribution >= 0.6 is 0 Å². The molecule has 18 heavy (non-hydrogen) atoms. The second-order valence-electron chi connectivity index (χ2n) is 3.10. The van der Waals surface area contributed by atoms with Gasteiger partial charge >= 0.3 is 5.97 Å². The number of rotatable bonds is 6. The summed E-state index contributed by atoms with van der Waals surface area (Å²) in [6.45, 7) is 1.82. The Bertz CT molecular complexity index is 475. The lowest BCUT2D eigenvalue weighted by Crippen LogP contribution is -2.20. The number of anilines is 1. The van der Waals surface area contributed by atoms with Crippen molar-refractivity contribution in [2.75, 3.05) is 12.0 Å². The summed E-state index contributed by atoms with van der Waals surface area (Å²) in [5, 5.41) is 10.8. The molecule has 1 amide bonds. The summed E-state index contributed by atoms with van der Waals surface area (Å²) in [4.78, 5) is 31.7. The van der Waals surface area contributed by atoms with Crippen LogP contribution in [-0.4, -0.2) is 23.9 Å². The third-order valence-electron chi connectivity index (χ3n) is 1.97. The Hall–Kier alpha value is -2.64. The Balaban J connectivity index is 3.06. The Morgan fingerprint density at radius 2 is 2.28 bits per heavy atom. The molecule has 0 aromatic heterocycles. The minimum absolute atomic E-state index is 0.0696. The lowest BCUT2D eigenvalue weighted by Gasteiger charge is -2.06. The van der Waals surface area contributed by atoms with Gasteiger partial charge in [-0.2, -0.15) is 0 Å². The SMILES string of the molecule is CCOC(=O)c1ccc(NNC=O)c([N+](=O)[O-])c1. The summed E-state index contributed by atoms with van der Waals surface area (Å²) < 4.78 is 4.73. The molecule has 1 rings (SSSR count). The van der Waals surface area contributed by atoms with Crippen LogP contribution in [0.5, 0.6) is 0 Å². The van der Waals surface area contributed by atoms with E-state index in [-0.39, 0.29) is 23.5 Å². The van der Waals surface area contributed by atoms with Crippen molar-refractivity contribution >= 4 is 23.8 Å². The number of ether oxygens (including phenoxy) is 1. The van der Waals surface area contributed by atoms with E-state index in [1.54, 1.807) is 6.92 Å². The van der Waals surface area contributed by atoms with E-state index in [9.17, 15) is 19.7 Å². The first-order valence-electron chi connectivity index (χ1n) is 5.01. The number of nitrogens with zero attached hydrogens (tertiary/aromatic N) is 1. The second kappa shape index (κ2) is 6.18. The lowest BCUT2D eigenvalue weighted by atomic mass is 10.2. The fourth-order valence-electron chi connectivity index (χ4n) is 1.24. The number of carbonyl (C=O) groups excluding carboxylic acids is 2. The van der Waals surface area contributed by atoms with Gasteiger partial charge in [0.15, 0.2) is 0 Å². The fourth-order valence-corrected chi connectivity index (χ4v) is 1.24. The van der Waals surface area contributed by atoms with E-state index in [4.69, 9.17) is 4.74 Å². The summed E-state index contributed by atoms with van der Waals surface area (Å²) >= 11 is 0. The lowest BCUT2D eigenvalue weighted by molar-refractivity contribution is -0.384. The number of carbonyl (C=O) groups is 2. The summed E-state index contributed by atoms with van der Waals surface area (Å²) in [7, 11) is 0. The van der Waals surface area contributed by atoms with Gasteiger partial charge in [-0.05, 0) is 19.1 Å². The van der Waals surface area contributed by atoms with Crippen LogP contribution in [0.1, 0.15) is 17.3 Å².